The Bertz CT molecular complexity index is 740. The average Bonchev–Trinajstić information content (AvgIpc) is 3.14. The number of fused-ring (bicyclic) bond motifs is 1. The van der Waals surface area contributed by atoms with Gasteiger partial charge >= 0.3 is 0 Å². The lowest BCUT2D eigenvalue weighted by molar-refractivity contribution is 0.819. The molecule has 2 N–H and O–H groups in total. The summed E-state index contributed by atoms with van der Waals surface area (Å²) in [7, 11) is 0. The predicted molar refractivity (Wildman–Crippen MR) is 81.0 cm³/mol. The number of anilines is 1. The molecule has 3 aromatic rings. The fourth-order valence-electron chi connectivity index (χ4n) is 2.43. The Morgan fingerprint density at radius 2 is 1.75 bits per heavy atom. The molecular weight excluding hydrogens is 248 g/mol. The minimum atomic E-state index is 0.796. The maximum absolute atomic E-state index is 4.60. The van der Waals surface area contributed by atoms with E-state index < -0.39 is 0 Å². The van der Waals surface area contributed by atoms with E-state index in [1.165, 1.54) is 5.56 Å². The van der Waals surface area contributed by atoms with E-state index in [1.807, 2.05) is 47.5 Å². The second-order valence-corrected chi connectivity index (χ2v) is 4.78. The zero-order chi connectivity index (χ0) is 13.4. The highest BCUT2D eigenvalue weighted by Crippen LogP contribution is 2.21. The number of rotatable bonds is 2. The highest BCUT2D eigenvalue weighted by molar-refractivity contribution is 5.78. The molecule has 0 aliphatic carbocycles. The van der Waals surface area contributed by atoms with Gasteiger partial charge in [-0.2, -0.15) is 0 Å². The molecule has 2 aromatic carbocycles. The lowest BCUT2D eigenvalue weighted by Gasteiger charge is -2.17. The number of para-hydroxylation sites is 2. The summed E-state index contributed by atoms with van der Waals surface area (Å²) in [4.78, 5) is 7.93. The first-order chi connectivity index (χ1) is 9.90. The van der Waals surface area contributed by atoms with Crippen LogP contribution in [0.25, 0.3) is 16.7 Å². The van der Waals surface area contributed by atoms with Crippen molar-refractivity contribution < 1.29 is 0 Å². The Hall–Kier alpha value is -2.75. The Balaban J connectivity index is 1.60. The van der Waals surface area contributed by atoms with Gasteiger partial charge in [-0.3, -0.25) is 10.4 Å². The topological polar surface area (TPSA) is 44.0 Å². The van der Waals surface area contributed by atoms with Crippen LogP contribution in [0.1, 0.15) is 5.56 Å². The molecule has 4 nitrogen and oxygen atoms in total. The van der Waals surface area contributed by atoms with Crippen molar-refractivity contribution in [2.75, 3.05) is 11.6 Å². The molecule has 0 radical (unpaired) electrons. The maximum Gasteiger partial charge on any atom is 0.223 e. The van der Waals surface area contributed by atoms with Gasteiger partial charge in [0.1, 0.15) is 0 Å². The summed E-state index contributed by atoms with van der Waals surface area (Å²) in [6, 6.07) is 18.4. The molecule has 0 atom stereocenters. The predicted octanol–water partition coefficient (Wildman–Crippen LogP) is 2.93. The van der Waals surface area contributed by atoms with Gasteiger partial charge in [0.2, 0.25) is 5.95 Å². The van der Waals surface area contributed by atoms with Crippen LogP contribution in [-0.4, -0.2) is 16.5 Å². The highest BCUT2D eigenvalue weighted by atomic mass is 15.6. The number of hydrogen-bond acceptors (Lipinski definition) is 3. The van der Waals surface area contributed by atoms with E-state index in [1.54, 1.807) is 0 Å². The highest BCUT2D eigenvalue weighted by Gasteiger charge is 2.17. The van der Waals surface area contributed by atoms with Gasteiger partial charge in [0.25, 0.3) is 0 Å². The van der Waals surface area contributed by atoms with Crippen molar-refractivity contribution in [2.24, 2.45) is 0 Å². The van der Waals surface area contributed by atoms with Gasteiger partial charge in [-0.25, -0.2) is 4.98 Å². The summed E-state index contributed by atoms with van der Waals surface area (Å²) < 4.78 is 0. The number of aromatic nitrogens is 2. The van der Waals surface area contributed by atoms with Crippen molar-refractivity contribution in [3.8, 4) is 0 Å². The Kier molecular flexibility index (Phi) is 2.45. The van der Waals surface area contributed by atoms with Gasteiger partial charge in [-0.15, -0.1) is 0 Å². The number of benzene rings is 2. The fourth-order valence-corrected chi connectivity index (χ4v) is 2.43. The molecule has 0 fully saturated rings. The van der Waals surface area contributed by atoms with Crippen LogP contribution in [0.3, 0.4) is 0 Å². The molecule has 0 amide bonds. The van der Waals surface area contributed by atoms with Crippen LogP contribution in [0, 0.1) is 0 Å². The number of aromatic amines is 1. The first kappa shape index (κ1) is 11.1. The van der Waals surface area contributed by atoms with E-state index in [-0.39, 0.29) is 0 Å². The van der Waals surface area contributed by atoms with Gasteiger partial charge < -0.3 is 4.98 Å². The van der Waals surface area contributed by atoms with Crippen LogP contribution in [0.2, 0.25) is 0 Å². The van der Waals surface area contributed by atoms with Crippen molar-refractivity contribution in [2.45, 2.75) is 0 Å². The van der Waals surface area contributed by atoms with Crippen molar-refractivity contribution in [3.63, 3.8) is 0 Å². The largest absolute Gasteiger partial charge is 0.323 e. The second-order valence-electron chi connectivity index (χ2n) is 4.78. The number of hydrogen-bond donors (Lipinski definition) is 2. The molecule has 0 saturated carbocycles. The zero-order valence-electron chi connectivity index (χ0n) is 10.9. The lowest BCUT2D eigenvalue weighted by atomic mass is 10.2. The van der Waals surface area contributed by atoms with Crippen LogP contribution in [-0.2, 0) is 0 Å². The molecule has 20 heavy (non-hydrogen) atoms. The molecule has 4 rings (SSSR count). The molecule has 1 aliphatic heterocycles. The first-order valence-electron chi connectivity index (χ1n) is 6.65. The third kappa shape index (κ3) is 1.82. The maximum atomic E-state index is 4.60. The Labute approximate surface area is 116 Å². The third-order valence-electron chi connectivity index (χ3n) is 3.45. The Morgan fingerprint density at radius 1 is 0.950 bits per heavy atom. The summed E-state index contributed by atoms with van der Waals surface area (Å²) in [5.41, 5.74) is 7.73. The first-order valence-corrected chi connectivity index (χ1v) is 6.65. The minimum Gasteiger partial charge on any atom is -0.323 e. The Morgan fingerprint density at radius 3 is 2.60 bits per heavy atom. The number of imidazole rings is 1. The fraction of sp³-hybridized carbons (Fsp3) is 0.0625. The van der Waals surface area contributed by atoms with E-state index >= 15 is 0 Å². The lowest BCUT2D eigenvalue weighted by Crippen LogP contribution is -2.32. The number of nitrogens with zero attached hydrogens (tertiary/aromatic N) is 2. The molecular formula is C16H14N4. The van der Waals surface area contributed by atoms with Crippen molar-refractivity contribution in [1.29, 1.82) is 0 Å². The summed E-state index contributed by atoms with van der Waals surface area (Å²) in [6.45, 7) is 0.796. The molecule has 4 heteroatoms. The second kappa shape index (κ2) is 4.42. The van der Waals surface area contributed by atoms with Crippen molar-refractivity contribution in [3.05, 3.63) is 66.2 Å². The average molecular weight is 262 g/mol. The normalized spacial score (nSPS) is 14.4. The third-order valence-corrected chi connectivity index (χ3v) is 3.45. The quantitative estimate of drug-likeness (QED) is 0.746. The molecule has 0 spiro atoms. The van der Waals surface area contributed by atoms with Crippen LogP contribution < -0.4 is 10.4 Å². The van der Waals surface area contributed by atoms with Crippen molar-refractivity contribution in [1.82, 2.24) is 15.4 Å². The molecule has 0 bridgehead atoms. The van der Waals surface area contributed by atoms with Gasteiger partial charge in [-0.1, -0.05) is 42.5 Å². The van der Waals surface area contributed by atoms with E-state index in [2.05, 4.69) is 33.6 Å². The van der Waals surface area contributed by atoms with Gasteiger partial charge in [-0.05, 0) is 23.8 Å². The number of nitrogens with one attached hydrogen (secondary N) is 2. The zero-order valence-corrected chi connectivity index (χ0v) is 10.9. The summed E-state index contributed by atoms with van der Waals surface area (Å²) in [6.07, 6.45) is 2.17. The summed E-state index contributed by atoms with van der Waals surface area (Å²) >= 11 is 0. The van der Waals surface area contributed by atoms with E-state index in [4.69, 9.17) is 0 Å². The molecule has 0 unspecified atom stereocenters. The molecule has 0 saturated heterocycles. The van der Waals surface area contributed by atoms with Crippen LogP contribution in [0.4, 0.5) is 5.95 Å². The van der Waals surface area contributed by atoms with Crippen LogP contribution in [0.5, 0.6) is 0 Å². The molecule has 1 aliphatic rings. The van der Waals surface area contributed by atoms with E-state index in [0.29, 0.717) is 0 Å². The van der Waals surface area contributed by atoms with E-state index in [9.17, 15) is 0 Å². The van der Waals surface area contributed by atoms with Gasteiger partial charge in [0.15, 0.2) is 0 Å². The van der Waals surface area contributed by atoms with Crippen molar-refractivity contribution >= 4 is 22.7 Å². The molecule has 98 valence electrons. The molecule has 2 heterocycles. The summed E-state index contributed by atoms with van der Waals surface area (Å²) in [5.74, 6) is 0.841. The number of H-pyrrole nitrogens is 1. The number of hydrazine groups is 1. The SMILES string of the molecule is C1=C(c2ccccc2)NN(c2nc3ccccc3[nH]2)C1. The standard InChI is InChI=1S/C16H14N4/c1-2-6-12(7-3-1)13-10-11-20(19-13)16-17-14-8-4-5-9-15(14)18-16/h1-10,19H,11H2,(H,17,18). The van der Waals surface area contributed by atoms with E-state index in [0.717, 1.165) is 29.2 Å². The van der Waals surface area contributed by atoms with Crippen LogP contribution in [0.15, 0.2) is 60.7 Å². The molecule has 1 aromatic heterocycles. The van der Waals surface area contributed by atoms with Crippen LogP contribution >= 0.6 is 0 Å². The van der Waals surface area contributed by atoms with Gasteiger partial charge in [0.05, 0.1) is 23.3 Å². The monoisotopic (exact) mass is 262 g/mol. The van der Waals surface area contributed by atoms with Gasteiger partial charge in [0, 0.05) is 0 Å². The summed E-state index contributed by atoms with van der Waals surface area (Å²) in [5, 5.41) is 2.02. The minimum absolute atomic E-state index is 0.796. The smallest absolute Gasteiger partial charge is 0.223 e.